The van der Waals surface area contributed by atoms with E-state index in [0.29, 0.717) is 6.10 Å². The van der Waals surface area contributed by atoms with Crippen molar-refractivity contribution in [3.8, 4) is 0 Å². The Balaban J connectivity index is 1.71. The second kappa shape index (κ2) is 4.03. The van der Waals surface area contributed by atoms with Gasteiger partial charge in [-0.2, -0.15) is 0 Å². The van der Waals surface area contributed by atoms with Gasteiger partial charge in [0.05, 0.1) is 12.7 Å². The van der Waals surface area contributed by atoms with Gasteiger partial charge in [-0.1, -0.05) is 6.92 Å². The van der Waals surface area contributed by atoms with Gasteiger partial charge in [0.1, 0.15) is 0 Å². The Hall–Kier alpha value is 0.137. The van der Waals surface area contributed by atoms with E-state index in [1.54, 1.807) is 0 Å². The minimum atomic E-state index is -0.210. The molecule has 1 unspecified atom stereocenters. The first kappa shape index (κ1) is 7.25. The van der Waals surface area contributed by atoms with Gasteiger partial charge < -0.3 is 9.16 Å². The van der Waals surface area contributed by atoms with Gasteiger partial charge >= 0.3 is 0 Å². The van der Waals surface area contributed by atoms with Gasteiger partial charge in [0, 0.05) is 6.61 Å². The molecule has 1 aliphatic heterocycles. The predicted octanol–water partition coefficient (Wildman–Crippen LogP) is 0.314. The third-order valence-electron chi connectivity index (χ3n) is 1.33. The molecule has 54 valence electrons. The monoisotopic (exact) mass is 146 g/mol. The first-order valence-electron chi connectivity index (χ1n) is 3.63. The van der Waals surface area contributed by atoms with Crippen LogP contribution in [0, 0.1) is 0 Å². The van der Waals surface area contributed by atoms with E-state index < -0.39 is 0 Å². The largest absolute Gasteiger partial charge is 0.424 e. The number of rotatable bonds is 5. The molecule has 0 aromatic rings. The van der Waals surface area contributed by atoms with Crippen LogP contribution in [0.1, 0.15) is 13.3 Å². The highest BCUT2D eigenvalue weighted by molar-refractivity contribution is 6.27. The summed E-state index contributed by atoms with van der Waals surface area (Å²) in [5, 5.41) is 0. The van der Waals surface area contributed by atoms with Crippen molar-refractivity contribution in [2.75, 3.05) is 13.2 Å². The highest BCUT2D eigenvalue weighted by atomic mass is 28.2. The molecular formula is C6H14O2Si. The minimum Gasteiger partial charge on any atom is -0.424 e. The second-order valence-electron chi connectivity index (χ2n) is 2.36. The molecule has 0 aliphatic carbocycles. The third-order valence-corrected chi connectivity index (χ3v) is 2.79. The molecule has 1 saturated heterocycles. The van der Waals surface area contributed by atoms with E-state index in [4.69, 9.17) is 9.16 Å². The van der Waals surface area contributed by atoms with Crippen LogP contribution < -0.4 is 0 Å². The zero-order valence-corrected chi connectivity index (χ0v) is 7.34. The summed E-state index contributed by atoms with van der Waals surface area (Å²) in [6.07, 6.45) is 1.74. The van der Waals surface area contributed by atoms with Gasteiger partial charge in [-0.05, 0) is 12.5 Å². The molecule has 1 rings (SSSR count). The summed E-state index contributed by atoms with van der Waals surface area (Å²) in [4.78, 5) is 0. The SMILES string of the molecule is CCCO[SiH2]CC1CO1. The fourth-order valence-electron chi connectivity index (χ4n) is 0.696. The van der Waals surface area contributed by atoms with E-state index in [9.17, 15) is 0 Å². The van der Waals surface area contributed by atoms with E-state index in [-0.39, 0.29) is 9.76 Å². The number of hydrogen-bond donors (Lipinski definition) is 0. The molecule has 2 nitrogen and oxygen atoms in total. The quantitative estimate of drug-likeness (QED) is 0.316. The molecule has 1 fully saturated rings. The summed E-state index contributed by atoms with van der Waals surface area (Å²) < 4.78 is 10.4. The van der Waals surface area contributed by atoms with Crippen LogP contribution in [0.2, 0.25) is 6.04 Å². The maximum atomic E-state index is 5.39. The van der Waals surface area contributed by atoms with Crippen LogP contribution in [-0.4, -0.2) is 29.1 Å². The number of ether oxygens (including phenoxy) is 1. The first-order chi connectivity index (χ1) is 4.43. The van der Waals surface area contributed by atoms with Crippen molar-refractivity contribution >= 4 is 9.76 Å². The van der Waals surface area contributed by atoms with Crippen LogP contribution in [0.15, 0.2) is 0 Å². The van der Waals surface area contributed by atoms with Gasteiger partial charge in [0.2, 0.25) is 0 Å². The van der Waals surface area contributed by atoms with Crippen LogP contribution >= 0.6 is 0 Å². The topological polar surface area (TPSA) is 21.8 Å². The second-order valence-corrected chi connectivity index (χ2v) is 3.75. The Morgan fingerprint density at radius 3 is 3.11 bits per heavy atom. The Morgan fingerprint density at radius 1 is 1.78 bits per heavy atom. The predicted molar refractivity (Wildman–Crippen MR) is 39.3 cm³/mol. The van der Waals surface area contributed by atoms with Crippen LogP contribution in [0.3, 0.4) is 0 Å². The lowest BCUT2D eigenvalue weighted by Crippen LogP contribution is -2.01. The van der Waals surface area contributed by atoms with E-state index in [1.807, 2.05) is 0 Å². The average molecular weight is 146 g/mol. The number of hydrogen-bond acceptors (Lipinski definition) is 2. The normalized spacial score (nSPS) is 25.7. The molecule has 0 aromatic carbocycles. The summed E-state index contributed by atoms with van der Waals surface area (Å²) in [5.74, 6) is 0. The molecule has 3 heteroatoms. The van der Waals surface area contributed by atoms with E-state index in [0.717, 1.165) is 19.6 Å². The first-order valence-corrected chi connectivity index (χ1v) is 5.20. The summed E-state index contributed by atoms with van der Waals surface area (Å²) in [5.41, 5.74) is 0. The van der Waals surface area contributed by atoms with Gasteiger partial charge in [0.25, 0.3) is 0 Å². The standard InChI is InChI=1S/C6H14O2Si/c1-2-3-8-9-5-6-4-7-6/h6H,2-5,9H2,1H3. The lowest BCUT2D eigenvalue weighted by atomic mass is 10.5. The van der Waals surface area contributed by atoms with Crippen LogP contribution in [0.5, 0.6) is 0 Å². The summed E-state index contributed by atoms with van der Waals surface area (Å²) in [7, 11) is -0.210. The Labute approximate surface area is 58.5 Å². The highest BCUT2D eigenvalue weighted by Crippen LogP contribution is 2.12. The van der Waals surface area contributed by atoms with Crippen LogP contribution in [0.4, 0.5) is 0 Å². The van der Waals surface area contributed by atoms with Gasteiger partial charge in [0.15, 0.2) is 9.76 Å². The van der Waals surface area contributed by atoms with Gasteiger partial charge in [-0.3, -0.25) is 0 Å². The summed E-state index contributed by atoms with van der Waals surface area (Å²) in [6.45, 7) is 4.09. The lowest BCUT2D eigenvalue weighted by molar-refractivity contribution is 0.329. The highest BCUT2D eigenvalue weighted by Gasteiger charge is 2.21. The molecule has 1 aliphatic rings. The molecule has 0 spiro atoms. The van der Waals surface area contributed by atoms with Crippen molar-refractivity contribution in [2.45, 2.75) is 25.5 Å². The number of epoxide rings is 1. The zero-order valence-electron chi connectivity index (χ0n) is 5.93. The van der Waals surface area contributed by atoms with Crippen molar-refractivity contribution in [1.82, 2.24) is 0 Å². The van der Waals surface area contributed by atoms with Crippen molar-refractivity contribution in [2.24, 2.45) is 0 Å². The smallest absolute Gasteiger partial charge is 0.164 e. The molecule has 1 heterocycles. The average Bonchev–Trinajstić information content (AvgIpc) is 2.63. The summed E-state index contributed by atoms with van der Waals surface area (Å²) in [6, 6.07) is 1.22. The molecule has 0 aromatic heterocycles. The molecule has 1 atom stereocenters. The molecule has 9 heavy (non-hydrogen) atoms. The molecular weight excluding hydrogens is 132 g/mol. The lowest BCUT2D eigenvalue weighted by Gasteiger charge is -1.97. The van der Waals surface area contributed by atoms with Crippen LogP contribution in [-0.2, 0) is 9.16 Å². The van der Waals surface area contributed by atoms with Crippen molar-refractivity contribution < 1.29 is 9.16 Å². The van der Waals surface area contributed by atoms with Gasteiger partial charge in [-0.25, -0.2) is 0 Å². The van der Waals surface area contributed by atoms with Crippen molar-refractivity contribution in [1.29, 1.82) is 0 Å². The van der Waals surface area contributed by atoms with Gasteiger partial charge in [-0.15, -0.1) is 0 Å². The van der Waals surface area contributed by atoms with Crippen molar-refractivity contribution in [3.05, 3.63) is 0 Å². The minimum absolute atomic E-state index is 0.210. The summed E-state index contributed by atoms with van der Waals surface area (Å²) >= 11 is 0. The third kappa shape index (κ3) is 3.67. The molecule has 0 amide bonds. The Bertz CT molecular complexity index is 73.5. The zero-order chi connectivity index (χ0) is 6.53. The molecule has 0 bridgehead atoms. The fraction of sp³-hybridized carbons (Fsp3) is 1.00. The molecule has 0 saturated carbocycles. The van der Waals surface area contributed by atoms with Crippen molar-refractivity contribution in [3.63, 3.8) is 0 Å². The maximum absolute atomic E-state index is 5.39. The van der Waals surface area contributed by atoms with E-state index in [2.05, 4.69) is 6.92 Å². The fourth-order valence-corrected chi connectivity index (χ4v) is 1.95. The van der Waals surface area contributed by atoms with E-state index >= 15 is 0 Å². The maximum Gasteiger partial charge on any atom is 0.164 e. The Kier molecular flexibility index (Phi) is 3.25. The molecule has 0 N–H and O–H groups in total. The molecule has 0 radical (unpaired) electrons. The van der Waals surface area contributed by atoms with E-state index in [1.165, 1.54) is 6.04 Å². The Morgan fingerprint density at radius 2 is 2.56 bits per heavy atom. The van der Waals surface area contributed by atoms with Crippen LogP contribution in [0.25, 0.3) is 0 Å².